The Balaban J connectivity index is 2.18. The van der Waals surface area contributed by atoms with Crippen molar-refractivity contribution in [2.75, 3.05) is 13.1 Å². The van der Waals surface area contributed by atoms with Gasteiger partial charge in [0.1, 0.15) is 0 Å². The first-order valence-corrected chi connectivity index (χ1v) is 4.68. The zero-order valence-electron chi connectivity index (χ0n) is 7.85. The zero-order valence-corrected chi connectivity index (χ0v) is 7.85. The van der Waals surface area contributed by atoms with Crippen molar-refractivity contribution >= 4 is 0 Å². The van der Waals surface area contributed by atoms with E-state index in [4.69, 9.17) is 0 Å². The first kappa shape index (κ1) is 7.60. The summed E-state index contributed by atoms with van der Waals surface area (Å²) in [5.74, 6) is 0.994. The maximum atomic E-state index is 2.58. The van der Waals surface area contributed by atoms with Crippen LogP contribution in [0.15, 0.2) is 0 Å². The fraction of sp³-hybridized carbons (Fsp3) is 0.900. The van der Waals surface area contributed by atoms with Crippen molar-refractivity contribution in [2.24, 2.45) is 11.3 Å². The predicted octanol–water partition coefficient (Wildman–Crippen LogP) is 2.29. The van der Waals surface area contributed by atoms with Gasteiger partial charge in [-0.2, -0.15) is 0 Å². The van der Waals surface area contributed by atoms with Crippen LogP contribution >= 0.6 is 0 Å². The summed E-state index contributed by atoms with van der Waals surface area (Å²) in [6, 6.07) is 1.62. The largest absolute Gasteiger partial charge is 0.295 e. The molecular weight excluding hydrogens is 134 g/mol. The molecule has 0 N–H and O–H groups in total. The summed E-state index contributed by atoms with van der Waals surface area (Å²) >= 11 is 0. The van der Waals surface area contributed by atoms with Gasteiger partial charge in [0.15, 0.2) is 0 Å². The SMILES string of the molecule is C[C]1N2CCC(C2)CC1(C)C. The average Bonchev–Trinajstić information content (AvgIpc) is 2.29. The summed E-state index contributed by atoms with van der Waals surface area (Å²) in [7, 11) is 0. The highest BCUT2D eigenvalue weighted by Crippen LogP contribution is 2.46. The number of hydrogen-bond donors (Lipinski definition) is 0. The minimum atomic E-state index is 0.486. The van der Waals surface area contributed by atoms with E-state index in [0.29, 0.717) is 5.41 Å². The lowest BCUT2D eigenvalue weighted by molar-refractivity contribution is 0.143. The van der Waals surface area contributed by atoms with Gasteiger partial charge in [0, 0.05) is 12.6 Å². The van der Waals surface area contributed by atoms with Gasteiger partial charge in [-0.3, -0.25) is 4.90 Å². The topological polar surface area (TPSA) is 3.24 Å². The summed E-state index contributed by atoms with van der Waals surface area (Å²) in [5, 5.41) is 0. The predicted molar refractivity (Wildman–Crippen MR) is 47.0 cm³/mol. The van der Waals surface area contributed by atoms with E-state index in [1.54, 1.807) is 6.04 Å². The second-order valence-electron chi connectivity index (χ2n) is 4.77. The van der Waals surface area contributed by atoms with Crippen LogP contribution in [-0.2, 0) is 0 Å². The van der Waals surface area contributed by atoms with E-state index in [1.807, 2.05) is 0 Å². The van der Waals surface area contributed by atoms with Crippen LogP contribution in [0.1, 0.15) is 33.6 Å². The number of piperidine rings is 1. The van der Waals surface area contributed by atoms with E-state index in [1.165, 1.54) is 25.9 Å². The number of fused-ring (bicyclic) bond motifs is 2. The summed E-state index contributed by atoms with van der Waals surface area (Å²) in [4.78, 5) is 2.58. The van der Waals surface area contributed by atoms with Crippen molar-refractivity contribution in [3.05, 3.63) is 6.04 Å². The molecule has 63 valence electrons. The highest BCUT2D eigenvalue weighted by molar-refractivity contribution is 5.06. The Morgan fingerprint density at radius 2 is 2.18 bits per heavy atom. The molecule has 0 amide bonds. The van der Waals surface area contributed by atoms with Crippen molar-refractivity contribution in [3.63, 3.8) is 0 Å². The quantitative estimate of drug-likeness (QED) is 0.515. The van der Waals surface area contributed by atoms with Gasteiger partial charge in [-0.15, -0.1) is 0 Å². The van der Waals surface area contributed by atoms with E-state index < -0.39 is 0 Å². The van der Waals surface area contributed by atoms with Crippen LogP contribution in [0.4, 0.5) is 0 Å². The Labute approximate surface area is 69.8 Å². The lowest BCUT2D eigenvalue weighted by atomic mass is 9.75. The molecule has 2 unspecified atom stereocenters. The van der Waals surface area contributed by atoms with Gasteiger partial charge in [-0.05, 0) is 37.6 Å². The lowest BCUT2D eigenvalue weighted by Crippen LogP contribution is -2.40. The number of rotatable bonds is 0. The molecule has 2 aliphatic heterocycles. The Kier molecular flexibility index (Phi) is 1.54. The van der Waals surface area contributed by atoms with E-state index in [9.17, 15) is 0 Å². The van der Waals surface area contributed by atoms with Gasteiger partial charge in [0.25, 0.3) is 0 Å². The van der Waals surface area contributed by atoms with Gasteiger partial charge < -0.3 is 0 Å². The fourth-order valence-corrected chi connectivity index (χ4v) is 2.60. The fourth-order valence-electron chi connectivity index (χ4n) is 2.60. The Morgan fingerprint density at radius 3 is 2.91 bits per heavy atom. The Bertz CT molecular complexity index is 162. The molecule has 1 heteroatoms. The van der Waals surface area contributed by atoms with Gasteiger partial charge in [0.05, 0.1) is 0 Å². The highest BCUT2D eigenvalue weighted by Gasteiger charge is 2.42. The second-order valence-corrected chi connectivity index (χ2v) is 4.77. The zero-order chi connectivity index (χ0) is 8.06. The van der Waals surface area contributed by atoms with E-state index in [2.05, 4.69) is 25.7 Å². The van der Waals surface area contributed by atoms with Crippen molar-refractivity contribution in [1.29, 1.82) is 0 Å². The van der Waals surface area contributed by atoms with Crippen LogP contribution in [0.2, 0.25) is 0 Å². The molecule has 0 aromatic heterocycles. The minimum absolute atomic E-state index is 0.486. The molecule has 1 radical (unpaired) electrons. The standard InChI is InChI=1S/C10H18N/c1-8-10(2,3)6-9-4-5-11(8)7-9/h9H,4-7H2,1-3H3. The van der Waals surface area contributed by atoms with Crippen LogP contribution in [-0.4, -0.2) is 18.0 Å². The number of nitrogens with zero attached hydrogens (tertiary/aromatic N) is 1. The first-order chi connectivity index (χ1) is 5.09. The molecule has 2 fully saturated rings. The molecule has 2 atom stereocenters. The summed E-state index contributed by atoms with van der Waals surface area (Å²) in [6.07, 6.45) is 2.84. The lowest BCUT2D eigenvalue weighted by Gasteiger charge is -2.42. The van der Waals surface area contributed by atoms with Gasteiger partial charge >= 0.3 is 0 Å². The molecule has 2 rings (SSSR count). The van der Waals surface area contributed by atoms with Crippen molar-refractivity contribution < 1.29 is 0 Å². The third-order valence-electron chi connectivity index (χ3n) is 3.54. The third kappa shape index (κ3) is 1.10. The molecule has 0 aliphatic carbocycles. The third-order valence-corrected chi connectivity index (χ3v) is 3.54. The van der Waals surface area contributed by atoms with E-state index in [-0.39, 0.29) is 0 Å². The number of hydrogen-bond acceptors (Lipinski definition) is 1. The van der Waals surface area contributed by atoms with Crippen molar-refractivity contribution in [3.8, 4) is 0 Å². The van der Waals surface area contributed by atoms with E-state index >= 15 is 0 Å². The molecule has 0 spiro atoms. The highest BCUT2D eigenvalue weighted by atomic mass is 15.2. The van der Waals surface area contributed by atoms with Gasteiger partial charge in [-0.1, -0.05) is 13.8 Å². The van der Waals surface area contributed by atoms with Crippen LogP contribution in [0, 0.1) is 17.4 Å². The normalized spacial score (nSPS) is 42.8. The molecule has 0 saturated carbocycles. The molecule has 2 bridgehead atoms. The molecule has 11 heavy (non-hydrogen) atoms. The smallest absolute Gasteiger partial charge is 0.0418 e. The van der Waals surface area contributed by atoms with Crippen LogP contribution in [0.5, 0.6) is 0 Å². The summed E-state index contributed by atoms with van der Waals surface area (Å²) in [6.45, 7) is 9.73. The van der Waals surface area contributed by atoms with E-state index in [0.717, 1.165) is 5.92 Å². The molecule has 0 aromatic carbocycles. The summed E-state index contributed by atoms with van der Waals surface area (Å²) in [5.41, 5.74) is 0.486. The van der Waals surface area contributed by atoms with Crippen molar-refractivity contribution in [2.45, 2.75) is 33.6 Å². The van der Waals surface area contributed by atoms with Gasteiger partial charge in [-0.25, -0.2) is 0 Å². The van der Waals surface area contributed by atoms with Crippen LogP contribution in [0.25, 0.3) is 0 Å². The molecular formula is C10H18N. The first-order valence-electron chi connectivity index (χ1n) is 4.68. The second kappa shape index (κ2) is 2.22. The Morgan fingerprint density at radius 1 is 1.45 bits per heavy atom. The Hall–Kier alpha value is -0.0400. The molecule has 2 saturated heterocycles. The maximum absolute atomic E-state index is 2.58. The monoisotopic (exact) mass is 152 g/mol. The maximum Gasteiger partial charge on any atom is 0.0418 e. The average molecular weight is 152 g/mol. The molecule has 1 nitrogen and oxygen atoms in total. The summed E-state index contributed by atoms with van der Waals surface area (Å²) < 4.78 is 0. The van der Waals surface area contributed by atoms with Crippen LogP contribution in [0.3, 0.4) is 0 Å². The minimum Gasteiger partial charge on any atom is -0.295 e. The van der Waals surface area contributed by atoms with Gasteiger partial charge in [0.2, 0.25) is 0 Å². The molecule has 2 aliphatic rings. The molecule has 2 heterocycles. The molecule has 0 aromatic rings. The van der Waals surface area contributed by atoms with Crippen molar-refractivity contribution in [1.82, 2.24) is 4.90 Å². The van der Waals surface area contributed by atoms with Crippen LogP contribution < -0.4 is 0 Å².